The van der Waals surface area contributed by atoms with Crippen molar-refractivity contribution < 1.29 is 28.0 Å². The van der Waals surface area contributed by atoms with E-state index in [0.717, 1.165) is 0 Å². The van der Waals surface area contributed by atoms with Crippen molar-refractivity contribution in [2.75, 3.05) is 6.61 Å². The van der Waals surface area contributed by atoms with E-state index in [1.807, 2.05) is 0 Å². The van der Waals surface area contributed by atoms with Crippen molar-refractivity contribution in [1.29, 1.82) is 0 Å². The van der Waals surface area contributed by atoms with Crippen LogP contribution in [0.25, 0.3) is 0 Å². The molecule has 0 saturated carbocycles. The Morgan fingerprint density at radius 2 is 1.94 bits per heavy atom. The standard InChI is InChI=1S/C10H12BF3O3/c1-7-6-8(11(15)16)2-3-9(7)17-5-4-10(12,13)14/h2-3,6,15-16H,4-5H2,1H3. The van der Waals surface area contributed by atoms with E-state index in [-0.39, 0.29) is 5.46 Å². The Morgan fingerprint density at radius 1 is 1.29 bits per heavy atom. The largest absolute Gasteiger partial charge is 0.493 e. The Morgan fingerprint density at radius 3 is 2.41 bits per heavy atom. The molecule has 0 unspecified atom stereocenters. The number of rotatable bonds is 4. The van der Waals surface area contributed by atoms with Gasteiger partial charge in [0.05, 0.1) is 13.0 Å². The summed E-state index contributed by atoms with van der Waals surface area (Å²) in [4.78, 5) is 0. The number of benzene rings is 1. The highest BCUT2D eigenvalue weighted by Crippen LogP contribution is 2.21. The molecule has 7 heteroatoms. The van der Waals surface area contributed by atoms with Gasteiger partial charge in [0.15, 0.2) is 0 Å². The lowest BCUT2D eigenvalue weighted by molar-refractivity contribution is -0.139. The highest BCUT2D eigenvalue weighted by atomic mass is 19.4. The van der Waals surface area contributed by atoms with Crippen LogP contribution in [0.2, 0.25) is 0 Å². The second-order valence-electron chi connectivity index (χ2n) is 3.61. The second kappa shape index (κ2) is 5.42. The number of halogens is 3. The molecule has 0 atom stereocenters. The molecular weight excluding hydrogens is 236 g/mol. The van der Waals surface area contributed by atoms with Gasteiger partial charge in [0, 0.05) is 0 Å². The monoisotopic (exact) mass is 248 g/mol. The molecule has 0 amide bonds. The summed E-state index contributed by atoms with van der Waals surface area (Å²) < 4.78 is 40.6. The minimum absolute atomic E-state index is 0.269. The van der Waals surface area contributed by atoms with Crippen molar-refractivity contribution in [3.05, 3.63) is 23.8 Å². The highest BCUT2D eigenvalue weighted by Gasteiger charge is 2.27. The predicted octanol–water partition coefficient (Wildman–Crippen LogP) is 1.01. The van der Waals surface area contributed by atoms with E-state index in [0.29, 0.717) is 11.3 Å². The number of aryl methyl sites for hydroxylation is 1. The maximum atomic E-state index is 11.9. The normalized spacial score (nSPS) is 11.4. The molecule has 0 heterocycles. The van der Waals surface area contributed by atoms with Gasteiger partial charge in [0.25, 0.3) is 0 Å². The second-order valence-corrected chi connectivity index (χ2v) is 3.61. The lowest BCUT2D eigenvalue weighted by Gasteiger charge is -2.11. The van der Waals surface area contributed by atoms with Crippen molar-refractivity contribution in [2.45, 2.75) is 19.5 Å². The minimum atomic E-state index is -4.24. The summed E-state index contributed by atoms with van der Waals surface area (Å²) in [6.07, 6.45) is -5.26. The maximum Gasteiger partial charge on any atom is 0.488 e. The zero-order chi connectivity index (χ0) is 13.1. The Bertz CT molecular complexity index is 380. The molecule has 2 N–H and O–H groups in total. The van der Waals surface area contributed by atoms with E-state index in [4.69, 9.17) is 14.8 Å². The number of hydrogen-bond acceptors (Lipinski definition) is 3. The Kier molecular flexibility index (Phi) is 4.42. The first-order valence-corrected chi connectivity index (χ1v) is 4.96. The molecular formula is C10H12BF3O3. The van der Waals surface area contributed by atoms with Crippen LogP contribution >= 0.6 is 0 Å². The van der Waals surface area contributed by atoms with Gasteiger partial charge in [-0.2, -0.15) is 13.2 Å². The van der Waals surface area contributed by atoms with Gasteiger partial charge in [0.1, 0.15) is 5.75 Å². The number of hydrogen-bond donors (Lipinski definition) is 2. The Labute approximate surface area is 97.0 Å². The zero-order valence-electron chi connectivity index (χ0n) is 9.16. The first kappa shape index (κ1) is 13.9. The molecule has 0 bridgehead atoms. The van der Waals surface area contributed by atoms with Gasteiger partial charge < -0.3 is 14.8 Å². The molecule has 0 aliphatic heterocycles. The van der Waals surface area contributed by atoms with E-state index >= 15 is 0 Å². The van der Waals surface area contributed by atoms with Crippen LogP contribution in [0.5, 0.6) is 5.75 Å². The summed E-state index contributed by atoms with van der Waals surface area (Å²) in [6.45, 7) is 1.17. The van der Waals surface area contributed by atoms with Crippen LogP contribution in [0.15, 0.2) is 18.2 Å². The molecule has 0 spiro atoms. The van der Waals surface area contributed by atoms with Crippen LogP contribution in [-0.4, -0.2) is 29.9 Å². The molecule has 0 saturated heterocycles. The molecule has 0 radical (unpaired) electrons. The average Bonchev–Trinajstić information content (AvgIpc) is 2.18. The fraction of sp³-hybridized carbons (Fsp3) is 0.400. The number of alkyl halides is 3. The Balaban J connectivity index is 2.61. The Hall–Kier alpha value is -1.21. The first-order chi connectivity index (χ1) is 7.79. The minimum Gasteiger partial charge on any atom is -0.493 e. The van der Waals surface area contributed by atoms with Gasteiger partial charge >= 0.3 is 13.3 Å². The van der Waals surface area contributed by atoms with E-state index in [1.54, 1.807) is 6.92 Å². The predicted molar refractivity (Wildman–Crippen MR) is 57.2 cm³/mol. The topological polar surface area (TPSA) is 49.7 Å². The first-order valence-electron chi connectivity index (χ1n) is 4.96. The van der Waals surface area contributed by atoms with Crippen LogP contribution in [0.3, 0.4) is 0 Å². The quantitative estimate of drug-likeness (QED) is 0.781. The molecule has 1 rings (SSSR count). The summed E-state index contributed by atoms with van der Waals surface area (Å²) >= 11 is 0. The maximum absolute atomic E-state index is 11.9. The smallest absolute Gasteiger partial charge is 0.488 e. The molecule has 0 fully saturated rings. The van der Waals surface area contributed by atoms with Crippen molar-refractivity contribution >= 4 is 12.6 Å². The van der Waals surface area contributed by atoms with Gasteiger partial charge in [-0.05, 0) is 24.0 Å². The van der Waals surface area contributed by atoms with Gasteiger partial charge in [-0.1, -0.05) is 12.1 Å². The third-order valence-electron chi connectivity index (χ3n) is 2.14. The lowest BCUT2D eigenvalue weighted by atomic mass is 9.79. The van der Waals surface area contributed by atoms with Crippen molar-refractivity contribution in [3.63, 3.8) is 0 Å². The van der Waals surface area contributed by atoms with Crippen molar-refractivity contribution in [1.82, 2.24) is 0 Å². The molecule has 1 aromatic carbocycles. The highest BCUT2D eigenvalue weighted by molar-refractivity contribution is 6.58. The van der Waals surface area contributed by atoms with Crippen LogP contribution < -0.4 is 10.2 Å². The van der Waals surface area contributed by atoms with Gasteiger partial charge in [-0.3, -0.25) is 0 Å². The third kappa shape index (κ3) is 4.66. The SMILES string of the molecule is Cc1cc(B(O)O)ccc1OCCC(F)(F)F. The summed E-state index contributed by atoms with van der Waals surface area (Å²) in [6, 6.07) is 4.26. The van der Waals surface area contributed by atoms with E-state index in [9.17, 15) is 13.2 Å². The van der Waals surface area contributed by atoms with E-state index < -0.39 is 26.3 Å². The molecule has 0 aliphatic rings. The molecule has 17 heavy (non-hydrogen) atoms. The van der Waals surface area contributed by atoms with Gasteiger partial charge in [0.2, 0.25) is 0 Å². The summed E-state index contributed by atoms with van der Waals surface area (Å²) in [5.41, 5.74) is 0.823. The van der Waals surface area contributed by atoms with Crippen LogP contribution in [0.4, 0.5) is 13.2 Å². The molecule has 0 aliphatic carbocycles. The molecule has 0 aromatic heterocycles. The average molecular weight is 248 g/mol. The van der Waals surface area contributed by atoms with Crippen molar-refractivity contribution in [3.8, 4) is 5.75 Å². The fourth-order valence-electron chi connectivity index (χ4n) is 1.27. The number of ether oxygens (including phenoxy) is 1. The summed E-state index contributed by atoms with van der Waals surface area (Å²) in [5.74, 6) is 0.304. The molecule has 1 aromatic rings. The summed E-state index contributed by atoms with van der Waals surface area (Å²) in [7, 11) is -1.60. The molecule has 3 nitrogen and oxygen atoms in total. The van der Waals surface area contributed by atoms with Crippen LogP contribution in [0.1, 0.15) is 12.0 Å². The lowest BCUT2D eigenvalue weighted by Crippen LogP contribution is -2.29. The van der Waals surface area contributed by atoms with Crippen molar-refractivity contribution in [2.24, 2.45) is 0 Å². The molecule has 94 valence electrons. The van der Waals surface area contributed by atoms with Crippen LogP contribution in [0, 0.1) is 6.92 Å². The van der Waals surface area contributed by atoms with Gasteiger partial charge in [-0.25, -0.2) is 0 Å². The third-order valence-corrected chi connectivity index (χ3v) is 2.14. The van der Waals surface area contributed by atoms with Gasteiger partial charge in [-0.15, -0.1) is 0 Å². The summed E-state index contributed by atoms with van der Waals surface area (Å²) in [5, 5.41) is 17.8. The fourth-order valence-corrected chi connectivity index (χ4v) is 1.27. The van der Waals surface area contributed by atoms with E-state index in [2.05, 4.69) is 0 Å². The van der Waals surface area contributed by atoms with E-state index in [1.165, 1.54) is 18.2 Å². The zero-order valence-corrected chi connectivity index (χ0v) is 9.16. The van der Waals surface area contributed by atoms with Crippen LogP contribution in [-0.2, 0) is 0 Å².